The summed E-state index contributed by atoms with van der Waals surface area (Å²) in [6.45, 7) is -0.0159. The number of halogens is 3. The van der Waals surface area contributed by atoms with E-state index in [9.17, 15) is 21.6 Å². The fourth-order valence-electron chi connectivity index (χ4n) is 2.95. The summed E-state index contributed by atoms with van der Waals surface area (Å²) < 4.78 is 73.4. The molecule has 33 heavy (non-hydrogen) atoms. The van der Waals surface area contributed by atoms with Crippen LogP contribution < -0.4 is 9.88 Å². The molecule has 13 heteroatoms. The maximum atomic E-state index is 12.7. The fourth-order valence-corrected chi connectivity index (χ4v) is 3.46. The lowest BCUT2D eigenvalue weighted by Gasteiger charge is -2.10. The largest absolute Gasteiger partial charge is 0.487 e. The Labute approximate surface area is 185 Å². The summed E-state index contributed by atoms with van der Waals surface area (Å²) in [6.07, 6.45) is -2.94. The summed E-state index contributed by atoms with van der Waals surface area (Å²) >= 11 is 0. The van der Waals surface area contributed by atoms with E-state index < -0.39 is 21.8 Å². The van der Waals surface area contributed by atoms with Crippen LogP contribution in [0, 0.1) is 0 Å². The molecule has 0 aliphatic carbocycles. The van der Waals surface area contributed by atoms with E-state index in [1.54, 1.807) is 7.05 Å². The van der Waals surface area contributed by atoms with Crippen molar-refractivity contribution in [2.75, 3.05) is 0 Å². The highest BCUT2D eigenvalue weighted by molar-refractivity contribution is 7.89. The van der Waals surface area contributed by atoms with Crippen LogP contribution in [-0.2, 0) is 29.9 Å². The van der Waals surface area contributed by atoms with E-state index >= 15 is 0 Å². The van der Waals surface area contributed by atoms with Crippen LogP contribution in [0.4, 0.5) is 13.2 Å². The van der Waals surface area contributed by atoms with Gasteiger partial charge in [0.05, 0.1) is 27.9 Å². The normalized spacial score (nSPS) is 12.2. The molecule has 4 rings (SSSR count). The number of nitrogens with zero attached hydrogens (tertiary/aromatic N) is 4. The number of aromatic nitrogens is 4. The highest BCUT2D eigenvalue weighted by atomic mass is 32.2. The zero-order valence-electron chi connectivity index (χ0n) is 16.9. The van der Waals surface area contributed by atoms with Crippen LogP contribution in [-0.4, -0.2) is 28.3 Å². The summed E-state index contributed by atoms with van der Waals surface area (Å²) in [7, 11) is -2.16. The molecule has 4 aromatic rings. The number of hydrogen-bond acceptors (Lipinski definition) is 7. The van der Waals surface area contributed by atoms with Crippen molar-refractivity contribution in [3.63, 3.8) is 0 Å². The summed E-state index contributed by atoms with van der Waals surface area (Å²) in [5.74, 6) is 0.598. The zero-order chi connectivity index (χ0) is 23.8. The Balaban J connectivity index is 1.53. The molecule has 0 spiro atoms. The first-order chi connectivity index (χ1) is 15.5. The summed E-state index contributed by atoms with van der Waals surface area (Å²) in [5, 5.41) is 13.1. The second-order valence-electron chi connectivity index (χ2n) is 6.93. The number of alkyl halides is 3. The predicted molar refractivity (Wildman–Crippen MR) is 109 cm³/mol. The Bertz CT molecular complexity index is 1380. The topological polar surface area (TPSA) is 126 Å². The third-order valence-corrected chi connectivity index (χ3v) is 5.65. The van der Waals surface area contributed by atoms with E-state index in [1.807, 2.05) is 0 Å². The number of nitrogens with two attached hydrogens (primary N) is 1. The van der Waals surface area contributed by atoms with Gasteiger partial charge < -0.3 is 9.26 Å². The van der Waals surface area contributed by atoms with Crippen LogP contribution in [0.3, 0.4) is 0 Å². The van der Waals surface area contributed by atoms with Crippen LogP contribution in [0.1, 0.15) is 11.3 Å². The minimum atomic E-state index is -4.43. The molecule has 0 saturated heterocycles. The van der Waals surface area contributed by atoms with E-state index in [-0.39, 0.29) is 29.0 Å². The Morgan fingerprint density at radius 3 is 2.36 bits per heavy atom. The number of hydrogen-bond donors (Lipinski definition) is 1. The molecule has 0 fully saturated rings. The first kappa shape index (κ1) is 22.5. The molecular weight excluding hydrogens is 463 g/mol. The van der Waals surface area contributed by atoms with Crippen molar-refractivity contribution in [2.24, 2.45) is 12.2 Å². The zero-order valence-corrected chi connectivity index (χ0v) is 17.8. The molecule has 9 nitrogen and oxygen atoms in total. The Hall–Kier alpha value is -3.71. The predicted octanol–water partition coefficient (Wildman–Crippen LogP) is 3.38. The molecule has 2 aromatic heterocycles. The summed E-state index contributed by atoms with van der Waals surface area (Å²) in [6, 6.07) is 9.97. The SMILES string of the molecule is Cn1ncc(-c2nc(-c3ccc(S(N)(=O)=O)cc3)no2)c1COc1ccc(C(F)(F)F)cc1. The number of benzene rings is 2. The lowest BCUT2D eigenvalue weighted by Crippen LogP contribution is -2.11. The molecule has 0 radical (unpaired) electrons. The highest BCUT2D eigenvalue weighted by Gasteiger charge is 2.30. The second kappa shape index (κ2) is 8.33. The van der Waals surface area contributed by atoms with Gasteiger partial charge in [0.1, 0.15) is 12.4 Å². The monoisotopic (exact) mass is 479 g/mol. The molecule has 0 atom stereocenters. The first-order valence-corrected chi connectivity index (χ1v) is 10.9. The van der Waals surface area contributed by atoms with Crippen LogP contribution in [0.2, 0.25) is 0 Å². The van der Waals surface area contributed by atoms with Crippen molar-refractivity contribution < 1.29 is 30.8 Å². The molecule has 0 unspecified atom stereocenters. The van der Waals surface area contributed by atoms with Gasteiger partial charge in [0.25, 0.3) is 5.89 Å². The van der Waals surface area contributed by atoms with E-state index in [1.165, 1.54) is 47.3 Å². The minimum absolute atomic E-state index is 0.0159. The molecule has 0 bridgehead atoms. The van der Waals surface area contributed by atoms with Gasteiger partial charge in [-0.15, -0.1) is 0 Å². The molecule has 0 aliphatic rings. The van der Waals surface area contributed by atoms with E-state index in [2.05, 4.69) is 15.2 Å². The summed E-state index contributed by atoms with van der Waals surface area (Å²) in [4.78, 5) is 4.27. The minimum Gasteiger partial charge on any atom is -0.487 e. The summed E-state index contributed by atoms with van der Waals surface area (Å²) in [5.41, 5.74) is 0.759. The lowest BCUT2D eigenvalue weighted by molar-refractivity contribution is -0.137. The van der Waals surface area contributed by atoms with E-state index in [4.69, 9.17) is 14.4 Å². The molecule has 2 heterocycles. The Morgan fingerprint density at radius 2 is 1.76 bits per heavy atom. The molecule has 0 amide bonds. The van der Waals surface area contributed by atoms with E-state index in [0.717, 1.165) is 12.1 Å². The van der Waals surface area contributed by atoms with Crippen molar-refractivity contribution >= 4 is 10.0 Å². The fraction of sp³-hybridized carbons (Fsp3) is 0.150. The first-order valence-electron chi connectivity index (χ1n) is 9.30. The van der Waals surface area contributed by atoms with Crippen molar-refractivity contribution in [2.45, 2.75) is 17.7 Å². The Kier molecular flexibility index (Phi) is 5.68. The molecule has 2 aromatic carbocycles. The standard InChI is InChI=1S/C20H16F3N5O4S/c1-28-17(11-31-14-6-4-13(5-7-14)20(21,22)23)16(10-25-28)19-26-18(27-32-19)12-2-8-15(9-3-12)33(24,29)30/h2-10H,11H2,1H3,(H2,24,29,30). The van der Waals surface area contributed by atoms with Crippen LogP contribution >= 0.6 is 0 Å². The molecule has 0 aliphatic heterocycles. The second-order valence-corrected chi connectivity index (χ2v) is 8.49. The van der Waals surface area contributed by atoms with Crippen molar-refractivity contribution in [1.82, 2.24) is 19.9 Å². The third kappa shape index (κ3) is 4.88. The van der Waals surface area contributed by atoms with Gasteiger partial charge in [-0.05, 0) is 48.5 Å². The van der Waals surface area contributed by atoms with Crippen molar-refractivity contribution in [3.8, 4) is 28.6 Å². The van der Waals surface area contributed by atoms with Gasteiger partial charge in [-0.25, -0.2) is 13.6 Å². The van der Waals surface area contributed by atoms with Gasteiger partial charge in [0.2, 0.25) is 15.8 Å². The lowest BCUT2D eigenvalue weighted by atomic mass is 10.2. The maximum Gasteiger partial charge on any atom is 0.416 e. The van der Waals surface area contributed by atoms with Gasteiger partial charge in [0.15, 0.2) is 0 Å². The van der Waals surface area contributed by atoms with Gasteiger partial charge in [-0.2, -0.15) is 23.3 Å². The average molecular weight is 479 g/mol. The number of primary sulfonamides is 1. The van der Waals surface area contributed by atoms with E-state index in [0.29, 0.717) is 16.8 Å². The highest BCUT2D eigenvalue weighted by Crippen LogP contribution is 2.31. The molecule has 0 saturated carbocycles. The van der Waals surface area contributed by atoms with Crippen molar-refractivity contribution in [1.29, 1.82) is 0 Å². The quantitative estimate of drug-likeness (QED) is 0.449. The van der Waals surface area contributed by atoms with Gasteiger partial charge in [-0.1, -0.05) is 5.16 Å². The number of sulfonamides is 1. The third-order valence-electron chi connectivity index (χ3n) is 4.72. The Morgan fingerprint density at radius 1 is 1.09 bits per heavy atom. The molecule has 172 valence electrons. The maximum absolute atomic E-state index is 12.7. The smallest absolute Gasteiger partial charge is 0.416 e. The number of ether oxygens (including phenoxy) is 1. The van der Waals surface area contributed by atoms with Gasteiger partial charge in [0, 0.05) is 12.6 Å². The number of aryl methyl sites for hydroxylation is 1. The van der Waals surface area contributed by atoms with Gasteiger partial charge in [-0.3, -0.25) is 4.68 Å². The molecule has 2 N–H and O–H groups in total. The van der Waals surface area contributed by atoms with Crippen LogP contribution in [0.15, 0.2) is 64.1 Å². The molecular formula is C20H16F3N5O4S. The number of rotatable bonds is 6. The van der Waals surface area contributed by atoms with Crippen molar-refractivity contribution in [3.05, 3.63) is 66.0 Å². The van der Waals surface area contributed by atoms with Crippen LogP contribution in [0.25, 0.3) is 22.8 Å². The van der Waals surface area contributed by atoms with Gasteiger partial charge >= 0.3 is 6.18 Å². The average Bonchev–Trinajstić information content (AvgIpc) is 3.38. The van der Waals surface area contributed by atoms with Crippen LogP contribution in [0.5, 0.6) is 5.75 Å².